The molecule has 144 valence electrons. The van der Waals surface area contributed by atoms with E-state index in [1.165, 1.54) is 10.8 Å². The summed E-state index contributed by atoms with van der Waals surface area (Å²) in [4.78, 5) is 15.4. The summed E-state index contributed by atoms with van der Waals surface area (Å²) in [6, 6.07) is 20.7. The highest BCUT2D eigenvalue weighted by Crippen LogP contribution is 2.25. The maximum absolute atomic E-state index is 13.1. The fourth-order valence-electron chi connectivity index (χ4n) is 3.95. The third kappa shape index (κ3) is 3.73. The number of benzene rings is 3. The number of carbonyl (C=O) groups is 1. The van der Waals surface area contributed by atoms with Crippen LogP contribution in [0.5, 0.6) is 0 Å². The Balaban J connectivity index is 1.57. The van der Waals surface area contributed by atoms with Crippen LogP contribution in [0.3, 0.4) is 0 Å². The maximum Gasteiger partial charge on any atom is 0.252 e. The predicted molar refractivity (Wildman–Crippen MR) is 116 cm³/mol. The standard InChI is InChI=1S/C24H27N3O/c1-17-10-11-20(27-14-12-25-13-15-27)16-23(17)24(28)26-18(2)21-9-5-7-19-6-3-4-8-22(19)21/h3-11,16,18,25H,12-15H2,1-2H3,(H,26,28)/t18-/m1/s1. The summed E-state index contributed by atoms with van der Waals surface area (Å²) in [5.74, 6) is -0.0186. The Kier molecular flexibility index (Phi) is 5.31. The molecular formula is C24H27N3O. The number of aryl methyl sites for hydroxylation is 1. The third-order valence-corrected chi connectivity index (χ3v) is 5.59. The van der Waals surface area contributed by atoms with Gasteiger partial charge in [0, 0.05) is 37.4 Å². The van der Waals surface area contributed by atoms with Crippen LogP contribution in [0.2, 0.25) is 0 Å². The molecule has 1 heterocycles. The molecule has 0 spiro atoms. The van der Waals surface area contributed by atoms with Crippen LogP contribution >= 0.6 is 0 Å². The number of carbonyl (C=O) groups excluding carboxylic acids is 1. The second kappa shape index (κ2) is 8.03. The zero-order chi connectivity index (χ0) is 19.5. The van der Waals surface area contributed by atoms with Crippen LogP contribution in [0, 0.1) is 6.92 Å². The van der Waals surface area contributed by atoms with Crippen LogP contribution in [0.25, 0.3) is 10.8 Å². The quantitative estimate of drug-likeness (QED) is 0.725. The molecule has 1 atom stereocenters. The van der Waals surface area contributed by atoms with Gasteiger partial charge in [0.2, 0.25) is 0 Å². The third-order valence-electron chi connectivity index (χ3n) is 5.59. The molecular weight excluding hydrogens is 346 g/mol. The van der Waals surface area contributed by atoms with E-state index in [-0.39, 0.29) is 11.9 Å². The van der Waals surface area contributed by atoms with E-state index < -0.39 is 0 Å². The highest BCUT2D eigenvalue weighted by atomic mass is 16.1. The summed E-state index contributed by atoms with van der Waals surface area (Å²) >= 11 is 0. The molecule has 3 aromatic rings. The molecule has 1 fully saturated rings. The van der Waals surface area contributed by atoms with E-state index in [1.54, 1.807) is 0 Å². The first-order valence-corrected chi connectivity index (χ1v) is 9.98. The van der Waals surface area contributed by atoms with Crippen molar-refractivity contribution in [3.05, 3.63) is 77.4 Å². The van der Waals surface area contributed by atoms with Gasteiger partial charge in [-0.2, -0.15) is 0 Å². The molecule has 28 heavy (non-hydrogen) atoms. The van der Waals surface area contributed by atoms with Crippen LogP contribution in [0.4, 0.5) is 5.69 Å². The fourth-order valence-corrected chi connectivity index (χ4v) is 3.95. The normalized spacial score (nSPS) is 15.4. The van der Waals surface area contributed by atoms with Crippen molar-refractivity contribution in [2.75, 3.05) is 31.1 Å². The van der Waals surface area contributed by atoms with Gasteiger partial charge in [-0.3, -0.25) is 4.79 Å². The van der Waals surface area contributed by atoms with Gasteiger partial charge in [-0.25, -0.2) is 0 Å². The highest BCUT2D eigenvalue weighted by Gasteiger charge is 2.18. The van der Waals surface area contributed by atoms with Gasteiger partial charge >= 0.3 is 0 Å². The van der Waals surface area contributed by atoms with E-state index in [9.17, 15) is 4.79 Å². The summed E-state index contributed by atoms with van der Waals surface area (Å²) in [5, 5.41) is 8.95. The van der Waals surface area contributed by atoms with Crippen LogP contribution in [-0.4, -0.2) is 32.1 Å². The molecule has 1 saturated heterocycles. The summed E-state index contributed by atoms with van der Waals surface area (Å²) < 4.78 is 0. The predicted octanol–water partition coefficient (Wildman–Crippen LogP) is 4.05. The Bertz CT molecular complexity index is 987. The topological polar surface area (TPSA) is 44.4 Å². The second-order valence-electron chi connectivity index (χ2n) is 7.50. The largest absolute Gasteiger partial charge is 0.369 e. The molecule has 2 N–H and O–H groups in total. The van der Waals surface area contributed by atoms with E-state index in [0.717, 1.165) is 48.6 Å². The second-order valence-corrected chi connectivity index (χ2v) is 7.50. The van der Waals surface area contributed by atoms with Crippen molar-refractivity contribution in [2.45, 2.75) is 19.9 Å². The van der Waals surface area contributed by atoms with Crippen molar-refractivity contribution in [1.82, 2.24) is 10.6 Å². The van der Waals surface area contributed by atoms with E-state index in [1.807, 2.05) is 25.1 Å². The van der Waals surface area contributed by atoms with Gasteiger partial charge < -0.3 is 15.5 Å². The number of hydrogen-bond donors (Lipinski definition) is 2. The summed E-state index contributed by atoms with van der Waals surface area (Å²) in [7, 11) is 0. The Hall–Kier alpha value is -2.85. The van der Waals surface area contributed by atoms with Crippen LogP contribution in [0.15, 0.2) is 60.7 Å². The molecule has 0 bridgehead atoms. The van der Waals surface area contributed by atoms with E-state index >= 15 is 0 Å². The average molecular weight is 374 g/mol. The number of hydrogen-bond acceptors (Lipinski definition) is 3. The molecule has 1 amide bonds. The summed E-state index contributed by atoms with van der Waals surface area (Å²) in [5.41, 5.74) is 4.02. The molecule has 0 aromatic heterocycles. The first kappa shape index (κ1) is 18.5. The highest BCUT2D eigenvalue weighted by molar-refractivity contribution is 5.97. The maximum atomic E-state index is 13.1. The van der Waals surface area contributed by atoms with E-state index in [2.05, 4.69) is 64.9 Å². The molecule has 4 nitrogen and oxygen atoms in total. The number of rotatable bonds is 4. The molecule has 3 aromatic carbocycles. The van der Waals surface area contributed by atoms with Crippen molar-refractivity contribution >= 4 is 22.4 Å². The summed E-state index contributed by atoms with van der Waals surface area (Å²) in [6.07, 6.45) is 0. The van der Waals surface area contributed by atoms with Crippen molar-refractivity contribution in [1.29, 1.82) is 0 Å². The Morgan fingerprint density at radius 3 is 2.61 bits per heavy atom. The number of anilines is 1. The molecule has 1 aliphatic rings. The fraction of sp³-hybridized carbons (Fsp3) is 0.292. The number of nitrogens with zero attached hydrogens (tertiary/aromatic N) is 1. The van der Waals surface area contributed by atoms with Crippen molar-refractivity contribution in [3.63, 3.8) is 0 Å². The van der Waals surface area contributed by atoms with Crippen molar-refractivity contribution in [2.24, 2.45) is 0 Å². The van der Waals surface area contributed by atoms with Gasteiger partial charge in [-0.15, -0.1) is 0 Å². The lowest BCUT2D eigenvalue weighted by Crippen LogP contribution is -2.43. The van der Waals surface area contributed by atoms with Gasteiger partial charge in [-0.05, 0) is 47.9 Å². The first-order valence-electron chi connectivity index (χ1n) is 9.98. The van der Waals surface area contributed by atoms with Crippen LogP contribution in [-0.2, 0) is 0 Å². The van der Waals surface area contributed by atoms with Crippen molar-refractivity contribution in [3.8, 4) is 0 Å². The summed E-state index contributed by atoms with van der Waals surface area (Å²) in [6.45, 7) is 7.95. The molecule has 0 unspecified atom stereocenters. The van der Waals surface area contributed by atoms with Crippen molar-refractivity contribution < 1.29 is 4.79 Å². The number of amides is 1. The van der Waals surface area contributed by atoms with E-state index in [4.69, 9.17) is 0 Å². The monoisotopic (exact) mass is 373 g/mol. The number of fused-ring (bicyclic) bond motifs is 1. The minimum absolute atomic E-state index is 0.0186. The van der Waals surface area contributed by atoms with Gasteiger partial charge in [0.25, 0.3) is 5.91 Å². The van der Waals surface area contributed by atoms with Gasteiger partial charge in [0.15, 0.2) is 0 Å². The van der Waals surface area contributed by atoms with Crippen LogP contribution < -0.4 is 15.5 Å². The minimum atomic E-state index is -0.0687. The first-order chi connectivity index (χ1) is 13.6. The lowest BCUT2D eigenvalue weighted by Gasteiger charge is -2.30. The van der Waals surface area contributed by atoms with Gasteiger partial charge in [-0.1, -0.05) is 48.5 Å². The minimum Gasteiger partial charge on any atom is -0.369 e. The smallest absolute Gasteiger partial charge is 0.252 e. The molecule has 1 aliphatic heterocycles. The molecule has 0 saturated carbocycles. The number of piperazine rings is 1. The van der Waals surface area contributed by atoms with Gasteiger partial charge in [0.05, 0.1) is 6.04 Å². The zero-order valence-electron chi connectivity index (χ0n) is 16.5. The number of nitrogens with one attached hydrogen (secondary N) is 2. The Morgan fingerprint density at radius 1 is 1.04 bits per heavy atom. The van der Waals surface area contributed by atoms with Gasteiger partial charge in [0.1, 0.15) is 0 Å². The average Bonchev–Trinajstić information content (AvgIpc) is 2.74. The zero-order valence-corrected chi connectivity index (χ0v) is 16.5. The van der Waals surface area contributed by atoms with E-state index in [0.29, 0.717) is 0 Å². The SMILES string of the molecule is Cc1ccc(N2CCNCC2)cc1C(=O)N[C@H](C)c1cccc2ccccc12. The molecule has 0 radical (unpaired) electrons. The molecule has 0 aliphatic carbocycles. The lowest BCUT2D eigenvalue weighted by molar-refractivity contribution is 0.0939. The van der Waals surface area contributed by atoms with Crippen LogP contribution in [0.1, 0.15) is 34.5 Å². The Morgan fingerprint density at radius 2 is 1.79 bits per heavy atom. The lowest BCUT2D eigenvalue weighted by atomic mass is 9.99. The molecule has 4 rings (SSSR count). The Labute approximate surface area is 166 Å². The molecule has 4 heteroatoms.